The Balaban J connectivity index is 1.17. The van der Waals surface area contributed by atoms with Gasteiger partial charge in [-0.2, -0.15) is 10.2 Å². The molecule has 0 radical (unpaired) electrons. The summed E-state index contributed by atoms with van der Waals surface area (Å²) in [5, 5.41) is 10.3. The lowest BCUT2D eigenvalue weighted by atomic mass is 10.1. The molecule has 4 aromatic rings. The number of rotatable bonds is 9. The van der Waals surface area contributed by atoms with Crippen molar-refractivity contribution in [2.45, 2.75) is 39.5 Å². The number of nitrogens with one attached hydrogen (secondary N) is 4. The molecular formula is C26H28N6O2. The molecule has 4 rings (SSSR count). The molecule has 0 unspecified atom stereocenters. The molecule has 8 heteroatoms. The molecule has 0 aliphatic rings. The minimum absolute atomic E-state index is 0.179. The number of nitrogens with zero attached hydrogens (tertiary/aromatic N) is 2. The average molecular weight is 457 g/mol. The van der Waals surface area contributed by atoms with Gasteiger partial charge in [0.15, 0.2) is 0 Å². The predicted molar refractivity (Wildman–Crippen MR) is 136 cm³/mol. The van der Waals surface area contributed by atoms with Crippen molar-refractivity contribution in [3.8, 4) is 0 Å². The summed E-state index contributed by atoms with van der Waals surface area (Å²) in [4.78, 5) is 30.7. The van der Waals surface area contributed by atoms with Gasteiger partial charge in [-0.25, -0.2) is 10.9 Å². The number of amides is 2. The molecule has 0 spiro atoms. The molecule has 0 bridgehead atoms. The van der Waals surface area contributed by atoms with Crippen molar-refractivity contribution in [2.75, 3.05) is 0 Å². The van der Waals surface area contributed by atoms with E-state index < -0.39 is 0 Å². The summed E-state index contributed by atoms with van der Waals surface area (Å²) in [6, 6.07) is 15.9. The minimum Gasteiger partial charge on any atom is -0.358 e. The molecule has 174 valence electrons. The number of aryl methyl sites for hydroxylation is 2. The van der Waals surface area contributed by atoms with Gasteiger partial charge in [-0.3, -0.25) is 9.59 Å². The zero-order valence-electron chi connectivity index (χ0n) is 19.3. The van der Waals surface area contributed by atoms with Crippen LogP contribution in [0.3, 0.4) is 0 Å². The summed E-state index contributed by atoms with van der Waals surface area (Å²) >= 11 is 0. The van der Waals surface area contributed by atoms with E-state index in [0.717, 1.165) is 44.3 Å². The van der Waals surface area contributed by atoms with Crippen LogP contribution < -0.4 is 10.9 Å². The van der Waals surface area contributed by atoms with Crippen LogP contribution in [0.5, 0.6) is 0 Å². The Morgan fingerprint density at radius 3 is 1.59 bits per heavy atom. The van der Waals surface area contributed by atoms with Crippen molar-refractivity contribution < 1.29 is 9.59 Å². The lowest BCUT2D eigenvalue weighted by Gasteiger charge is -2.01. The van der Waals surface area contributed by atoms with Gasteiger partial charge in [0.25, 0.3) is 0 Å². The number of hydrogen-bond acceptors (Lipinski definition) is 4. The number of unbranched alkanes of at least 4 members (excludes halogenated alkanes) is 1. The molecule has 0 atom stereocenters. The second-order valence-corrected chi connectivity index (χ2v) is 8.21. The van der Waals surface area contributed by atoms with E-state index in [0.29, 0.717) is 25.7 Å². The van der Waals surface area contributed by atoms with E-state index in [2.05, 4.69) is 31.0 Å². The Labute approximate surface area is 197 Å². The zero-order chi connectivity index (χ0) is 23.9. The summed E-state index contributed by atoms with van der Waals surface area (Å²) in [5.41, 5.74) is 11.1. The van der Waals surface area contributed by atoms with Gasteiger partial charge < -0.3 is 9.97 Å². The Hall–Kier alpha value is -4.20. The van der Waals surface area contributed by atoms with Crippen molar-refractivity contribution in [2.24, 2.45) is 10.2 Å². The van der Waals surface area contributed by atoms with Crippen LogP contribution in [0, 0.1) is 13.8 Å². The highest BCUT2D eigenvalue weighted by Gasteiger charge is 2.07. The highest BCUT2D eigenvalue weighted by atomic mass is 16.2. The molecule has 2 aromatic heterocycles. The molecule has 0 saturated carbocycles. The summed E-state index contributed by atoms with van der Waals surface area (Å²) in [6.07, 6.45) is 5.10. The zero-order valence-corrected chi connectivity index (χ0v) is 19.3. The van der Waals surface area contributed by atoms with Crippen molar-refractivity contribution >= 4 is 46.0 Å². The van der Waals surface area contributed by atoms with Crippen LogP contribution >= 0.6 is 0 Å². The normalized spacial score (nSPS) is 11.7. The standard InChI is InChI=1S/C26H28N6O2/c1-17-21(19-9-3-5-11-23(19)29-17)15-27-31-25(33)13-7-8-14-26(34)32-28-16-22-18(2)30-24-12-6-4-10-20(22)24/h3-6,9-12,15-16,29-30H,7-8,13-14H2,1-2H3,(H,31,33)(H,32,34)/b27-15+,28-16+. The number of benzene rings is 2. The number of hydrazone groups is 2. The van der Waals surface area contributed by atoms with Gasteiger partial charge in [0, 0.05) is 57.2 Å². The molecule has 2 heterocycles. The van der Waals surface area contributed by atoms with Crippen LogP contribution in [0.2, 0.25) is 0 Å². The van der Waals surface area contributed by atoms with Crippen LogP contribution in [-0.2, 0) is 9.59 Å². The first-order valence-electron chi connectivity index (χ1n) is 11.3. The summed E-state index contributed by atoms with van der Waals surface area (Å²) in [5.74, 6) is -0.357. The fraction of sp³-hybridized carbons (Fsp3) is 0.231. The van der Waals surface area contributed by atoms with E-state index >= 15 is 0 Å². The van der Waals surface area contributed by atoms with E-state index in [4.69, 9.17) is 0 Å². The Bertz CT molecular complexity index is 1270. The smallest absolute Gasteiger partial charge is 0.240 e. The molecule has 0 aliphatic carbocycles. The molecule has 0 saturated heterocycles. The molecular weight excluding hydrogens is 428 g/mol. The summed E-state index contributed by atoms with van der Waals surface area (Å²) in [6.45, 7) is 3.94. The number of hydrogen-bond donors (Lipinski definition) is 4. The van der Waals surface area contributed by atoms with E-state index in [-0.39, 0.29) is 11.8 Å². The van der Waals surface area contributed by atoms with Gasteiger partial charge in [0.05, 0.1) is 12.4 Å². The van der Waals surface area contributed by atoms with Gasteiger partial charge in [-0.05, 0) is 38.8 Å². The maximum Gasteiger partial charge on any atom is 0.240 e. The first kappa shape index (κ1) is 23.0. The monoisotopic (exact) mass is 456 g/mol. The van der Waals surface area contributed by atoms with E-state index in [9.17, 15) is 9.59 Å². The van der Waals surface area contributed by atoms with Crippen molar-refractivity contribution in [1.82, 2.24) is 20.8 Å². The fourth-order valence-corrected chi connectivity index (χ4v) is 3.95. The first-order valence-corrected chi connectivity index (χ1v) is 11.3. The number of carbonyl (C=O) groups is 2. The molecule has 0 aliphatic heterocycles. The van der Waals surface area contributed by atoms with E-state index in [1.807, 2.05) is 62.4 Å². The van der Waals surface area contributed by atoms with Crippen molar-refractivity contribution in [3.63, 3.8) is 0 Å². The number of para-hydroxylation sites is 2. The Morgan fingerprint density at radius 2 is 1.15 bits per heavy atom. The highest BCUT2D eigenvalue weighted by Crippen LogP contribution is 2.20. The molecule has 2 amide bonds. The maximum absolute atomic E-state index is 12.0. The third-order valence-electron chi connectivity index (χ3n) is 5.71. The lowest BCUT2D eigenvalue weighted by molar-refractivity contribution is -0.123. The fourth-order valence-electron chi connectivity index (χ4n) is 3.95. The van der Waals surface area contributed by atoms with Gasteiger partial charge in [-0.15, -0.1) is 0 Å². The maximum atomic E-state index is 12.0. The van der Waals surface area contributed by atoms with Crippen molar-refractivity contribution in [3.05, 3.63) is 71.0 Å². The minimum atomic E-state index is -0.179. The van der Waals surface area contributed by atoms with Gasteiger partial charge in [0.2, 0.25) is 11.8 Å². The van der Waals surface area contributed by atoms with Crippen LogP contribution in [0.25, 0.3) is 21.8 Å². The third kappa shape index (κ3) is 5.40. The molecule has 8 nitrogen and oxygen atoms in total. The number of aromatic nitrogens is 2. The number of H-pyrrole nitrogens is 2. The predicted octanol–water partition coefficient (Wildman–Crippen LogP) is 4.43. The third-order valence-corrected chi connectivity index (χ3v) is 5.71. The summed E-state index contributed by atoms with van der Waals surface area (Å²) < 4.78 is 0. The molecule has 0 fully saturated rings. The molecule has 2 aromatic carbocycles. The lowest BCUT2D eigenvalue weighted by Crippen LogP contribution is -2.19. The highest BCUT2D eigenvalue weighted by molar-refractivity contribution is 6.01. The molecule has 34 heavy (non-hydrogen) atoms. The van der Waals surface area contributed by atoms with Crippen LogP contribution in [-0.4, -0.2) is 34.2 Å². The largest absolute Gasteiger partial charge is 0.358 e. The van der Waals surface area contributed by atoms with Gasteiger partial charge >= 0.3 is 0 Å². The Kier molecular flexibility index (Phi) is 7.17. The number of fused-ring (bicyclic) bond motifs is 2. The van der Waals surface area contributed by atoms with Crippen LogP contribution in [0.1, 0.15) is 48.2 Å². The second-order valence-electron chi connectivity index (χ2n) is 8.21. The summed E-state index contributed by atoms with van der Waals surface area (Å²) in [7, 11) is 0. The van der Waals surface area contributed by atoms with E-state index in [1.54, 1.807) is 12.4 Å². The number of carbonyl (C=O) groups excluding carboxylic acids is 2. The molecule has 4 N–H and O–H groups in total. The quantitative estimate of drug-likeness (QED) is 0.170. The number of aromatic amines is 2. The van der Waals surface area contributed by atoms with Gasteiger partial charge in [0.1, 0.15) is 0 Å². The van der Waals surface area contributed by atoms with Gasteiger partial charge in [-0.1, -0.05) is 36.4 Å². The van der Waals surface area contributed by atoms with Crippen molar-refractivity contribution in [1.29, 1.82) is 0 Å². The first-order chi connectivity index (χ1) is 16.5. The van der Waals surface area contributed by atoms with Crippen LogP contribution in [0.4, 0.5) is 0 Å². The Morgan fingerprint density at radius 1 is 0.735 bits per heavy atom. The van der Waals surface area contributed by atoms with E-state index in [1.165, 1.54) is 0 Å². The average Bonchev–Trinajstić information content (AvgIpc) is 3.32. The topological polar surface area (TPSA) is 114 Å². The van der Waals surface area contributed by atoms with Crippen LogP contribution in [0.15, 0.2) is 58.7 Å². The second kappa shape index (κ2) is 10.6. The SMILES string of the molecule is Cc1[nH]c2ccccc2c1/C=N/NC(=O)CCCCC(=O)N/N=C/c1c(C)[nH]c2ccccc12.